The minimum Gasteiger partial charge on any atom is -0.392 e. The van der Waals surface area contributed by atoms with Crippen molar-refractivity contribution in [3.05, 3.63) is 11.9 Å². The maximum Gasteiger partial charge on any atom is 0.310 e. The summed E-state index contributed by atoms with van der Waals surface area (Å²) in [4.78, 5) is 15.1. The highest BCUT2D eigenvalue weighted by Crippen LogP contribution is 2.21. The molecule has 0 aliphatic carbocycles. The summed E-state index contributed by atoms with van der Waals surface area (Å²) in [5.74, 6) is -0.392. The van der Waals surface area contributed by atoms with Gasteiger partial charge in [0.2, 0.25) is 0 Å². The average molecular weight is 282 g/mol. The minimum atomic E-state index is -0.619. The first-order chi connectivity index (χ1) is 9.56. The van der Waals surface area contributed by atoms with E-state index in [1.54, 1.807) is 17.7 Å². The summed E-state index contributed by atoms with van der Waals surface area (Å²) >= 11 is 0. The highest BCUT2D eigenvalue weighted by Gasteiger charge is 2.15. The van der Waals surface area contributed by atoms with Gasteiger partial charge in [0.25, 0.3) is 0 Å². The van der Waals surface area contributed by atoms with Crippen LogP contribution in [0.1, 0.15) is 71.1 Å². The molecule has 1 atom stereocenters. The zero-order valence-electron chi connectivity index (χ0n) is 12.8. The van der Waals surface area contributed by atoms with Gasteiger partial charge in [-0.1, -0.05) is 39.0 Å². The number of rotatable bonds is 9. The maximum absolute atomic E-state index is 11.1. The summed E-state index contributed by atoms with van der Waals surface area (Å²) < 4.78 is 6.87. The molecule has 0 aliphatic rings. The maximum atomic E-state index is 11.1. The Morgan fingerprint density at radius 2 is 2.00 bits per heavy atom. The molecule has 20 heavy (non-hydrogen) atoms. The number of ether oxygens (including phenoxy) is 1. The Kier molecular flexibility index (Phi) is 7.30. The summed E-state index contributed by atoms with van der Waals surface area (Å²) in [5, 5.41) is 9.72. The molecular formula is C15H26N2O3. The van der Waals surface area contributed by atoms with Crippen molar-refractivity contribution >= 4 is 5.97 Å². The van der Waals surface area contributed by atoms with Gasteiger partial charge in [0, 0.05) is 13.5 Å². The number of carbonyl (C=O) groups is 1. The van der Waals surface area contributed by atoms with E-state index in [0.717, 1.165) is 19.4 Å². The molecule has 0 saturated heterocycles. The van der Waals surface area contributed by atoms with Crippen LogP contribution in [0.5, 0.6) is 6.01 Å². The number of hydrogen-bond donors (Lipinski definition) is 1. The largest absolute Gasteiger partial charge is 0.392 e. The van der Waals surface area contributed by atoms with Crippen LogP contribution in [0.3, 0.4) is 0 Å². The molecule has 0 saturated carbocycles. The minimum absolute atomic E-state index is 0.280. The summed E-state index contributed by atoms with van der Waals surface area (Å²) in [6.07, 6.45) is 8.08. The van der Waals surface area contributed by atoms with Crippen molar-refractivity contribution in [1.82, 2.24) is 9.55 Å². The van der Waals surface area contributed by atoms with Gasteiger partial charge in [-0.25, -0.2) is 4.98 Å². The zero-order chi connectivity index (χ0) is 15.0. The Morgan fingerprint density at radius 1 is 1.35 bits per heavy atom. The molecule has 0 aliphatic heterocycles. The molecule has 1 aromatic heterocycles. The predicted molar refractivity (Wildman–Crippen MR) is 77.5 cm³/mol. The lowest BCUT2D eigenvalue weighted by atomic mass is 10.1. The van der Waals surface area contributed by atoms with Gasteiger partial charge in [-0.15, -0.1) is 0 Å². The van der Waals surface area contributed by atoms with Gasteiger partial charge < -0.3 is 9.84 Å². The standard InChI is InChI=1S/C15H26N2O3/c1-4-5-6-7-8-9-10-17-14(12(2)18)11-16-15(17)20-13(3)19/h11-12,18H,4-10H2,1-3H3. The number of aliphatic hydroxyl groups excluding tert-OH is 1. The van der Waals surface area contributed by atoms with Crippen molar-refractivity contribution < 1.29 is 14.6 Å². The third-order valence-electron chi connectivity index (χ3n) is 3.25. The Balaban J connectivity index is 2.56. The summed E-state index contributed by atoms with van der Waals surface area (Å²) in [5.41, 5.74) is 0.690. The molecule has 1 aromatic rings. The van der Waals surface area contributed by atoms with Crippen LogP contribution in [0, 0.1) is 0 Å². The summed E-state index contributed by atoms with van der Waals surface area (Å²) in [6.45, 7) is 5.96. The van der Waals surface area contributed by atoms with Gasteiger partial charge in [0.05, 0.1) is 18.0 Å². The van der Waals surface area contributed by atoms with Gasteiger partial charge in [-0.3, -0.25) is 9.36 Å². The van der Waals surface area contributed by atoms with Gasteiger partial charge in [0.1, 0.15) is 0 Å². The summed E-state index contributed by atoms with van der Waals surface area (Å²) in [6, 6.07) is 0.280. The van der Waals surface area contributed by atoms with Crippen LogP contribution < -0.4 is 4.74 Å². The molecule has 1 heterocycles. The first kappa shape index (κ1) is 16.7. The van der Waals surface area contributed by atoms with Gasteiger partial charge in [-0.05, 0) is 13.3 Å². The van der Waals surface area contributed by atoms with E-state index in [0.29, 0.717) is 5.69 Å². The van der Waals surface area contributed by atoms with Gasteiger partial charge in [0.15, 0.2) is 0 Å². The number of aliphatic hydroxyl groups is 1. The molecule has 114 valence electrons. The van der Waals surface area contributed by atoms with E-state index in [-0.39, 0.29) is 6.01 Å². The third kappa shape index (κ3) is 5.33. The normalized spacial score (nSPS) is 12.4. The van der Waals surface area contributed by atoms with E-state index < -0.39 is 12.1 Å². The van der Waals surface area contributed by atoms with Crippen molar-refractivity contribution in [2.75, 3.05) is 0 Å². The third-order valence-corrected chi connectivity index (χ3v) is 3.25. The SMILES string of the molecule is CCCCCCCCn1c(C(C)O)cnc1OC(C)=O. The van der Waals surface area contributed by atoms with Crippen LogP contribution in [0.15, 0.2) is 6.20 Å². The molecule has 1 unspecified atom stereocenters. The van der Waals surface area contributed by atoms with Crippen LogP contribution >= 0.6 is 0 Å². The summed E-state index contributed by atoms with van der Waals surface area (Å²) in [7, 11) is 0. The predicted octanol–water partition coefficient (Wildman–Crippen LogP) is 3.22. The number of unbranched alkanes of at least 4 members (excludes halogenated alkanes) is 5. The first-order valence-corrected chi connectivity index (χ1v) is 7.48. The van der Waals surface area contributed by atoms with Crippen molar-refractivity contribution in [1.29, 1.82) is 0 Å². The second kappa shape index (κ2) is 8.74. The first-order valence-electron chi connectivity index (χ1n) is 7.48. The van der Waals surface area contributed by atoms with E-state index in [9.17, 15) is 9.90 Å². The van der Waals surface area contributed by atoms with E-state index >= 15 is 0 Å². The number of imidazole rings is 1. The van der Waals surface area contributed by atoms with E-state index in [1.807, 2.05) is 0 Å². The molecule has 5 heteroatoms. The molecule has 0 fully saturated rings. The molecule has 0 aromatic carbocycles. The Hall–Kier alpha value is -1.36. The number of nitrogens with zero attached hydrogens (tertiary/aromatic N) is 2. The van der Waals surface area contributed by atoms with Crippen molar-refractivity contribution in [2.24, 2.45) is 0 Å². The number of aromatic nitrogens is 2. The lowest BCUT2D eigenvalue weighted by Crippen LogP contribution is -2.11. The number of carbonyl (C=O) groups excluding carboxylic acids is 1. The van der Waals surface area contributed by atoms with Crippen LogP contribution in [-0.4, -0.2) is 20.6 Å². The Morgan fingerprint density at radius 3 is 2.60 bits per heavy atom. The Labute approximate surface area is 121 Å². The molecule has 0 bridgehead atoms. The van der Waals surface area contributed by atoms with Crippen LogP contribution in [0.2, 0.25) is 0 Å². The van der Waals surface area contributed by atoms with Crippen LogP contribution in [-0.2, 0) is 11.3 Å². The highest BCUT2D eigenvalue weighted by molar-refractivity contribution is 5.68. The monoisotopic (exact) mass is 282 g/mol. The topological polar surface area (TPSA) is 64.3 Å². The lowest BCUT2D eigenvalue weighted by molar-refractivity contribution is -0.132. The fourth-order valence-electron chi connectivity index (χ4n) is 2.19. The van der Waals surface area contributed by atoms with Crippen molar-refractivity contribution in [3.8, 4) is 6.01 Å². The molecule has 5 nitrogen and oxygen atoms in total. The highest BCUT2D eigenvalue weighted by atomic mass is 16.5. The fourth-order valence-corrected chi connectivity index (χ4v) is 2.19. The van der Waals surface area contributed by atoms with E-state index in [2.05, 4.69) is 11.9 Å². The molecular weight excluding hydrogens is 256 g/mol. The fraction of sp³-hybridized carbons (Fsp3) is 0.733. The molecule has 0 spiro atoms. The van der Waals surface area contributed by atoms with Crippen LogP contribution in [0.25, 0.3) is 0 Å². The molecule has 1 rings (SSSR count). The second-order valence-corrected chi connectivity index (χ2v) is 5.15. The van der Waals surface area contributed by atoms with E-state index in [1.165, 1.54) is 32.6 Å². The molecule has 1 N–H and O–H groups in total. The molecule has 0 radical (unpaired) electrons. The van der Waals surface area contributed by atoms with Gasteiger partial charge >= 0.3 is 12.0 Å². The zero-order valence-corrected chi connectivity index (χ0v) is 12.8. The lowest BCUT2D eigenvalue weighted by Gasteiger charge is -2.12. The van der Waals surface area contributed by atoms with Gasteiger partial charge in [-0.2, -0.15) is 0 Å². The Bertz CT molecular complexity index is 413. The van der Waals surface area contributed by atoms with Crippen LogP contribution in [0.4, 0.5) is 0 Å². The average Bonchev–Trinajstić information content (AvgIpc) is 2.76. The van der Waals surface area contributed by atoms with Crippen molar-refractivity contribution in [3.63, 3.8) is 0 Å². The number of hydrogen-bond acceptors (Lipinski definition) is 4. The smallest absolute Gasteiger partial charge is 0.310 e. The second-order valence-electron chi connectivity index (χ2n) is 5.15. The quantitative estimate of drug-likeness (QED) is 0.558. The van der Waals surface area contributed by atoms with Crippen molar-refractivity contribution in [2.45, 2.75) is 71.9 Å². The van der Waals surface area contributed by atoms with E-state index in [4.69, 9.17) is 4.74 Å². The molecule has 0 amide bonds. The number of esters is 1.